The van der Waals surface area contributed by atoms with Crippen molar-refractivity contribution in [2.24, 2.45) is 0 Å². The van der Waals surface area contributed by atoms with E-state index in [9.17, 15) is 14.7 Å². The summed E-state index contributed by atoms with van der Waals surface area (Å²) in [4.78, 5) is 26.7. The molecule has 5 heteroatoms. The molecule has 1 aliphatic rings. The molecule has 0 aromatic heterocycles. The molecule has 2 N–H and O–H groups in total. The number of carbonyl (C=O) groups excluding carboxylic acids is 2. The Morgan fingerprint density at radius 3 is 2.67 bits per heavy atom. The summed E-state index contributed by atoms with van der Waals surface area (Å²) in [6.45, 7) is 2.78. The van der Waals surface area contributed by atoms with E-state index in [2.05, 4.69) is 5.32 Å². The summed E-state index contributed by atoms with van der Waals surface area (Å²) >= 11 is 0. The van der Waals surface area contributed by atoms with Gasteiger partial charge in [0.1, 0.15) is 0 Å². The molecule has 124 valence electrons. The second-order valence-corrected chi connectivity index (χ2v) is 6.06. The minimum atomic E-state index is -0.469. The number of β-amino-alcohol motifs (C(OH)–C–C–N with tert-alkyl or cyclic N) is 1. The van der Waals surface area contributed by atoms with Crippen molar-refractivity contribution in [3.8, 4) is 0 Å². The molecule has 24 heavy (non-hydrogen) atoms. The SMILES string of the molecule is Cc1cccc(C(=O)Nc2ccccc2C(=O)N2CC[C@@H](O)C2)c1. The van der Waals surface area contributed by atoms with Crippen LogP contribution >= 0.6 is 0 Å². The summed E-state index contributed by atoms with van der Waals surface area (Å²) in [5.74, 6) is -0.424. The van der Waals surface area contributed by atoms with Crippen LogP contribution in [0, 0.1) is 6.92 Å². The first-order chi connectivity index (χ1) is 11.5. The van der Waals surface area contributed by atoms with Crippen LogP contribution in [0.4, 0.5) is 5.69 Å². The van der Waals surface area contributed by atoms with Gasteiger partial charge >= 0.3 is 0 Å². The first kappa shape index (κ1) is 16.2. The second-order valence-electron chi connectivity index (χ2n) is 6.06. The third-order valence-corrected chi connectivity index (χ3v) is 4.14. The number of carbonyl (C=O) groups is 2. The topological polar surface area (TPSA) is 69.6 Å². The first-order valence-electron chi connectivity index (χ1n) is 7.99. The van der Waals surface area contributed by atoms with Crippen LogP contribution in [0.1, 0.15) is 32.7 Å². The van der Waals surface area contributed by atoms with Gasteiger partial charge in [0.25, 0.3) is 11.8 Å². The number of likely N-dealkylation sites (tertiary alicyclic amines) is 1. The van der Waals surface area contributed by atoms with E-state index in [-0.39, 0.29) is 11.8 Å². The van der Waals surface area contributed by atoms with Gasteiger partial charge in [0, 0.05) is 18.7 Å². The zero-order valence-electron chi connectivity index (χ0n) is 13.5. The molecule has 2 amide bonds. The van der Waals surface area contributed by atoms with Crippen molar-refractivity contribution in [2.75, 3.05) is 18.4 Å². The van der Waals surface area contributed by atoms with Gasteiger partial charge in [-0.15, -0.1) is 0 Å². The number of hydrogen-bond acceptors (Lipinski definition) is 3. The number of aliphatic hydroxyl groups is 1. The number of nitrogens with zero attached hydrogens (tertiary/aromatic N) is 1. The smallest absolute Gasteiger partial charge is 0.256 e. The van der Waals surface area contributed by atoms with Gasteiger partial charge in [0.2, 0.25) is 0 Å². The molecule has 2 aromatic carbocycles. The lowest BCUT2D eigenvalue weighted by Crippen LogP contribution is -2.30. The summed E-state index contributed by atoms with van der Waals surface area (Å²) in [6.07, 6.45) is 0.117. The standard InChI is InChI=1S/C19H20N2O3/c1-13-5-4-6-14(11-13)18(23)20-17-8-3-2-7-16(17)19(24)21-10-9-15(22)12-21/h2-8,11,15,22H,9-10,12H2,1H3,(H,20,23)/t15-/m1/s1. The molecule has 0 aliphatic carbocycles. The van der Waals surface area contributed by atoms with E-state index in [1.807, 2.05) is 19.1 Å². The molecule has 0 bridgehead atoms. The van der Waals surface area contributed by atoms with Crippen molar-refractivity contribution in [3.05, 3.63) is 65.2 Å². The van der Waals surface area contributed by atoms with E-state index < -0.39 is 6.10 Å². The molecule has 0 spiro atoms. The van der Waals surface area contributed by atoms with Gasteiger partial charge in [-0.25, -0.2) is 0 Å². The van der Waals surface area contributed by atoms with Gasteiger partial charge in [0.15, 0.2) is 0 Å². The average Bonchev–Trinajstić information content (AvgIpc) is 3.01. The van der Waals surface area contributed by atoms with Gasteiger partial charge in [-0.1, -0.05) is 29.8 Å². The van der Waals surface area contributed by atoms with Crippen LogP contribution < -0.4 is 5.32 Å². The highest BCUT2D eigenvalue weighted by molar-refractivity contribution is 6.09. The van der Waals surface area contributed by atoms with Gasteiger partial charge in [0.05, 0.1) is 17.4 Å². The van der Waals surface area contributed by atoms with E-state index in [4.69, 9.17) is 0 Å². The maximum absolute atomic E-state index is 12.6. The molecule has 3 rings (SSSR count). The molecule has 1 atom stereocenters. The number of rotatable bonds is 3. The van der Waals surface area contributed by atoms with E-state index in [1.165, 1.54) is 0 Å². The number of benzene rings is 2. The van der Waals surface area contributed by atoms with Crippen molar-refractivity contribution < 1.29 is 14.7 Å². The molecule has 2 aromatic rings. The first-order valence-corrected chi connectivity index (χ1v) is 7.99. The monoisotopic (exact) mass is 324 g/mol. The number of hydrogen-bond donors (Lipinski definition) is 2. The Labute approximate surface area is 140 Å². The van der Waals surface area contributed by atoms with E-state index in [1.54, 1.807) is 41.3 Å². The number of anilines is 1. The van der Waals surface area contributed by atoms with Crippen molar-refractivity contribution in [1.82, 2.24) is 4.90 Å². The van der Waals surface area contributed by atoms with Crippen LogP contribution in [-0.4, -0.2) is 41.0 Å². The molecule has 0 saturated carbocycles. The van der Waals surface area contributed by atoms with Gasteiger partial charge < -0.3 is 15.3 Å². The quantitative estimate of drug-likeness (QED) is 0.911. The molecule has 1 heterocycles. The molecule has 1 aliphatic heterocycles. The molecule has 1 fully saturated rings. The predicted octanol–water partition coefficient (Wildman–Crippen LogP) is 2.45. The fourth-order valence-electron chi connectivity index (χ4n) is 2.86. The second kappa shape index (κ2) is 6.84. The minimum absolute atomic E-state index is 0.174. The zero-order chi connectivity index (χ0) is 17.1. The van der Waals surface area contributed by atoms with E-state index >= 15 is 0 Å². The Hall–Kier alpha value is -2.66. The third kappa shape index (κ3) is 3.46. The summed E-state index contributed by atoms with van der Waals surface area (Å²) in [6, 6.07) is 14.2. The fourth-order valence-corrected chi connectivity index (χ4v) is 2.86. The number of aryl methyl sites for hydroxylation is 1. The maximum Gasteiger partial charge on any atom is 0.256 e. The largest absolute Gasteiger partial charge is 0.391 e. The molecule has 0 radical (unpaired) electrons. The number of nitrogens with one attached hydrogen (secondary N) is 1. The van der Waals surface area contributed by atoms with Crippen LogP contribution in [0.5, 0.6) is 0 Å². The predicted molar refractivity (Wildman–Crippen MR) is 92.1 cm³/mol. The van der Waals surface area contributed by atoms with Gasteiger partial charge in [-0.05, 0) is 37.6 Å². The summed E-state index contributed by atoms with van der Waals surface area (Å²) in [5.41, 5.74) is 2.47. The Balaban J connectivity index is 1.81. The molecular weight excluding hydrogens is 304 g/mol. The lowest BCUT2D eigenvalue weighted by molar-refractivity contribution is 0.0766. The summed E-state index contributed by atoms with van der Waals surface area (Å²) in [7, 11) is 0. The zero-order valence-corrected chi connectivity index (χ0v) is 13.5. The van der Waals surface area contributed by atoms with Crippen LogP contribution in [0.3, 0.4) is 0 Å². The Morgan fingerprint density at radius 1 is 1.17 bits per heavy atom. The highest BCUT2D eigenvalue weighted by Gasteiger charge is 2.27. The average molecular weight is 324 g/mol. The Morgan fingerprint density at radius 2 is 1.96 bits per heavy atom. The Bertz CT molecular complexity index is 773. The van der Waals surface area contributed by atoms with Gasteiger partial charge in [-0.2, -0.15) is 0 Å². The van der Waals surface area contributed by atoms with Crippen LogP contribution in [0.2, 0.25) is 0 Å². The van der Waals surface area contributed by atoms with Crippen molar-refractivity contribution in [1.29, 1.82) is 0 Å². The molecule has 5 nitrogen and oxygen atoms in total. The number of para-hydroxylation sites is 1. The van der Waals surface area contributed by atoms with Crippen LogP contribution in [-0.2, 0) is 0 Å². The van der Waals surface area contributed by atoms with E-state index in [0.29, 0.717) is 36.3 Å². The highest BCUT2D eigenvalue weighted by Crippen LogP contribution is 2.21. The lowest BCUT2D eigenvalue weighted by Gasteiger charge is -2.18. The van der Waals surface area contributed by atoms with E-state index in [0.717, 1.165) is 5.56 Å². The number of aliphatic hydroxyl groups excluding tert-OH is 1. The van der Waals surface area contributed by atoms with Gasteiger partial charge in [-0.3, -0.25) is 9.59 Å². The Kier molecular flexibility index (Phi) is 4.62. The fraction of sp³-hybridized carbons (Fsp3) is 0.263. The van der Waals surface area contributed by atoms with Crippen LogP contribution in [0.25, 0.3) is 0 Å². The summed E-state index contributed by atoms with van der Waals surface area (Å²) < 4.78 is 0. The molecule has 0 unspecified atom stereocenters. The normalized spacial score (nSPS) is 16.9. The van der Waals surface area contributed by atoms with Crippen LogP contribution in [0.15, 0.2) is 48.5 Å². The molecule has 1 saturated heterocycles. The number of amides is 2. The third-order valence-electron chi connectivity index (χ3n) is 4.14. The van der Waals surface area contributed by atoms with Crippen molar-refractivity contribution in [2.45, 2.75) is 19.4 Å². The molecular formula is C19H20N2O3. The van der Waals surface area contributed by atoms with Crippen molar-refractivity contribution >= 4 is 17.5 Å². The lowest BCUT2D eigenvalue weighted by atomic mass is 10.1. The maximum atomic E-state index is 12.6. The highest BCUT2D eigenvalue weighted by atomic mass is 16.3. The summed E-state index contributed by atoms with van der Waals surface area (Å²) in [5, 5.41) is 12.4. The minimum Gasteiger partial charge on any atom is -0.391 e. The van der Waals surface area contributed by atoms with Crippen molar-refractivity contribution in [3.63, 3.8) is 0 Å².